The number of piperidine rings is 1. The number of anilines is 1. The first-order valence-corrected chi connectivity index (χ1v) is 18.8. The number of aromatic nitrogens is 1. The lowest BCUT2D eigenvalue weighted by atomic mass is 9.85. The molecule has 3 aromatic carbocycles. The molecule has 4 aromatic rings. The third kappa shape index (κ3) is 12.4. The van der Waals surface area contributed by atoms with E-state index < -0.39 is 30.4 Å². The molecule has 0 spiro atoms. The number of hydrogen-bond acceptors (Lipinski definition) is 9. The molecule has 1 aromatic heterocycles. The van der Waals surface area contributed by atoms with Crippen LogP contribution in [-0.2, 0) is 30.4 Å². The average Bonchev–Trinajstić information content (AvgIpc) is 2.99. The van der Waals surface area contributed by atoms with Crippen molar-refractivity contribution in [3.63, 3.8) is 0 Å². The molecule has 47 heavy (non-hydrogen) atoms. The zero-order valence-corrected chi connectivity index (χ0v) is 28.6. The fraction of sp³-hybridized carbons (Fsp3) is 0.281. The Bertz CT molecular complexity index is 1730. The van der Waals surface area contributed by atoms with E-state index in [2.05, 4.69) is 21.3 Å². The first-order chi connectivity index (χ1) is 21.9. The van der Waals surface area contributed by atoms with Crippen molar-refractivity contribution in [2.45, 2.75) is 47.9 Å². The van der Waals surface area contributed by atoms with Crippen molar-refractivity contribution in [3.05, 3.63) is 114 Å². The molecule has 3 heterocycles. The van der Waals surface area contributed by atoms with Crippen molar-refractivity contribution in [2.75, 3.05) is 24.5 Å². The molecule has 254 valence electrons. The predicted molar refractivity (Wildman–Crippen MR) is 179 cm³/mol. The molecule has 2 atom stereocenters. The maximum Gasteiger partial charge on any atom is 0.294 e. The number of aryl methyl sites for hydroxylation is 3. The molecule has 15 heteroatoms. The molecule has 12 nitrogen and oxygen atoms in total. The van der Waals surface area contributed by atoms with E-state index in [4.69, 9.17) is 13.7 Å². The van der Waals surface area contributed by atoms with Crippen molar-refractivity contribution in [1.82, 2.24) is 10.3 Å². The Morgan fingerprint density at radius 1 is 0.660 bits per heavy atom. The summed E-state index contributed by atoms with van der Waals surface area (Å²) in [6, 6.07) is 22.8. The molecular weight excluding hydrogens is 667 g/mol. The van der Waals surface area contributed by atoms with Crippen LogP contribution in [0.25, 0.3) is 0 Å². The van der Waals surface area contributed by atoms with Gasteiger partial charge >= 0.3 is 0 Å². The van der Waals surface area contributed by atoms with E-state index in [9.17, 15) is 25.3 Å². The summed E-state index contributed by atoms with van der Waals surface area (Å²) >= 11 is 0. The van der Waals surface area contributed by atoms with Gasteiger partial charge in [0.1, 0.15) is 0 Å². The summed E-state index contributed by atoms with van der Waals surface area (Å²) in [5.41, 5.74) is 4.13. The molecular formula is C32H39N3O9S3. The molecule has 0 unspecified atom stereocenters. The van der Waals surface area contributed by atoms with E-state index >= 15 is 0 Å². The zero-order chi connectivity index (χ0) is 34.8. The fourth-order valence-corrected chi connectivity index (χ4v) is 5.96. The zero-order valence-electron chi connectivity index (χ0n) is 26.1. The molecule has 0 saturated carbocycles. The lowest BCUT2D eigenvalue weighted by Gasteiger charge is -2.46. The minimum absolute atomic E-state index is 0.0666. The summed E-state index contributed by atoms with van der Waals surface area (Å²) in [4.78, 5) is 6.39. The number of pyridine rings is 1. The number of nitrogens with zero attached hydrogens (tertiary/aromatic N) is 2. The molecule has 2 saturated heterocycles. The fourth-order valence-electron chi connectivity index (χ4n) is 4.52. The highest BCUT2D eigenvalue weighted by molar-refractivity contribution is 7.86. The van der Waals surface area contributed by atoms with Crippen LogP contribution in [0, 0.1) is 26.7 Å². The number of nitrogens with one attached hydrogen (secondary N) is 1. The minimum atomic E-state index is -4.02. The molecule has 0 amide bonds. The molecule has 2 aliphatic heterocycles. The van der Waals surface area contributed by atoms with Crippen LogP contribution in [0.5, 0.6) is 0 Å². The van der Waals surface area contributed by atoms with Crippen molar-refractivity contribution < 1.29 is 38.9 Å². The quantitative estimate of drug-likeness (QED) is 0.216. The van der Waals surface area contributed by atoms with Gasteiger partial charge in [0.25, 0.3) is 30.4 Å². The lowest BCUT2D eigenvalue weighted by molar-refractivity contribution is 0.197. The molecule has 6 rings (SSSR count). The van der Waals surface area contributed by atoms with Gasteiger partial charge in [-0.2, -0.15) is 25.3 Å². The Morgan fingerprint density at radius 3 is 1.34 bits per heavy atom. The predicted octanol–water partition coefficient (Wildman–Crippen LogP) is 4.60. The monoisotopic (exact) mass is 705 g/mol. The van der Waals surface area contributed by atoms with Gasteiger partial charge in [-0.15, -0.1) is 0 Å². The number of hydrogen-bond donors (Lipinski definition) is 4. The van der Waals surface area contributed by atoms with Gasteiger partial charge < -0.3 is 10.2 Å². The summed E-state index contributed by atoms with van der Waals surface area (Å²) in [7, 11) is -12.1. The van der Waals surface area contributed by atoms with Gasteiger partial charge in [-0.3, -0.25) is 18.6 Å². The van der Waals surface area contributed by atoms with Crippen LogP contribution in [-0.4, -0.2) is 69.6 Å². The van der Waals surface area contributed by atoms with Crippen molar-refractivity contribution in [2.24, 2.45) is 5.92 Å². The Morgan fingerprint density at radius 2 is 1.06 bits per heavy atom. The second-order valence-corrected chi connectivity index (χ2v) is 15.3. The van der Waals surface area contributed by atoms with Gasteiger partial charge in [-0.05, 0) is 88.2 Å². The van der Waals surface area contributed by atoms with Gasteiger partial charge in [-0.25, -0.2) is 0 Å². The van der Waals surface area contributed by atoms with E-state index in [1.807, 2.05) is 39.2 Å². The van der Waals surface area contributed by atoms with Crippen LogP contribution in [0.15, 0.2) is 112 Å². The highest BCUT2D eigenvalue weighted by Crippen LogP contribution is 2.27. The summed E-state index contributed by atoms with van der Waals surface area (Å²) in [5.74, 6) is 0.933. The summed E-state index contributed by atoms with van der Waals surface area (Å²) in [5, 5.41) is 3.49. The Balaban J connectivity index is 0.000000172. The Kier molecular flexibility index (Phi) is 13.2. The molecule has 2 fully saturated rings. The van der Waals surface area contributed by atoms with Crippen LogP contribution < -0.4 is 10.2 Å². The third-order valence-electron chi connectivity index (χ3n) is 7.37. The van der Waals surface area contributed by atoms with Gasteiger partial charge in [0, 0.05) is 25.3 Å². The average molecular weight is 706 g/mol. The highest BCUT2D eigenvalue weighted by Gasteiger charge is 2.35. The minimum Gasteiger partial charge on any atom is -0.369 e. The van der Waals surface area contributed by atoms with E-state index in [1.54, 1.807) is 36.4 Å². The van der Waals surface area contributed by atoms with Crippen molar-refractivity contribution in [1.29, 1.82) is 0 Å². The number of fused-ring (bicyclic) bond motifs is 1. The summed E-state index contributed by atoms with van der Waals surface area (Å²) in [6.45, 7) is 9.09. The van der Waals surface area contributed by atoms with Crippen LogP contribution in [0.2, 0.25) is 0 Å². The number of benzene rings is 3. The van der Waals surface area contributed by atoms with Gasteiger partial charge in [0.05, 0.1) is 26.6 Å². The second-order valence-electron chi connectivity index (χ2n) is 11.1. The Labute approximate surface area is 276 Å². The third-order valence-corrected chi connectivity index (χ3v) is 9.97. The molecule has 0 aliphatic carbocycles. The smallest absolute Gasteiger partial charge is 0.294 e. The maximum atomic E-state index is 10.5. The second kappa shape index (κ2) is 16.4. The van der Waals surface area contributed by atoms with Crippen molar-refractivity contribution >= 4 is 36.0 Å². The van der Waals surface area contributed by atoms with Gasteiger partial charge in [-0.1, -0.05) is 53.1 Å². The van der Waals surface area contributed by atoms with Gasteiger partial charge in [0.15, 0.2) is 0 Å². The van der Waals surface area contributed by atoms with Crippen LogP contribution in [0.3, 0.4) is 0 Å². The van der Waals surface area contributed by atoms with Crippen LogP contribution in [0.1, 0.15) is 23.1 Å². The summed E-state index contributed by atoms with van der Waals surface area (Å²) in [6.07, 6.45) is 5.11. The first kappa shape index (κ1) is 37.8. The number of rotatable bonds is 4. The SMILES string of the molecule is Cc1ccc(S(=O)(=O)O)cc1.Cc1ccc(S(=O)(=O)O)cc1.Cc1ccc(S(=O)(=O)O)cc1.c1cncc(N2CC[C@H]3CN[C@H]3C2)c1. The standard InChI is InChI=1S/C11H15N3.3C7H8O3S/c1-2-10(7-12-4-1)14-5-3-9-6-13-11(9)8-14;3*1-6-2-4-7(5-3-6)11(8,9)10/h1-2,4,7,9,11,13H,3,5-6,8H2;3*2-5H,1H3,(H,8,9,10)/t9-,11-;;;/m0.../s1. The highest BCUT2D eigenvalue weighted by atomic mass is 32.2. The summed E-state index contributed by atoms with van der Waals surface area (Å²) < 4.78 is 88.7. The van der Waals surface area contributed by atoms with E-state index in [0.717, 1.165) is 35.2 Å². The van der Waals surface area contributed by atoms with Crippen molar-refractivity contribution in [3.8, 4) is 0 Å². The van der Waals surface area contributed by atoms with Crippen LogP contribution in [0.4, 0.5) is 5.69 Å². The largest absolute Gasteiger partial charge is 0.369 e. The van der Waals surface area contributed by atoms with E-state index in [-0.39, 0.29) is 14.7 Å². The normalized spacial score (nSPS) is 17.2. The lowest BCUT2D eigenvalue weighted by Crippen LogP contribution is -2.62. The van der Waals surface area contributed by atoms with E-state index in [0.29, 0.717) is 0 Å². The Hall–Kier alpha value is -3.70. The molecule has 0 radical (unpaired) electrons. The van der Waals surface area contributed by atoms with Crippen LogP contribution >= 0.6 is 0 Å². The molecule has 0 bridgehead atoms. The topological polar surface area (TPSA) is 191 Å². The van der Waals surface area contributed by atoms with Gasteiger partial charge in [0.2, 0.25) is 0 Å². The van der Waals surface area contributed by atoms with E-state index in [1.165, 1.54) is 61.6 Å². The first-order valence-electron chi connectivity index (χ1n) is 14.4. The molecule has 2 aliphatic rings. The maximum absolute atomic E-state index is 10.5. The molecule has 4 N–H and O–H groups in total.